The second-order valence-electron chi connectivity index (χ2n) is 6.44. The summed E-state index contributed by atoms with van der Waals surface area (Å²) in [6.07, 6.45) is 0. The number of hydrogen-bond donors (Lipinski definition) is 2. The van der Waals surface area contributed by atoms with E-state index < -0.39 is 18.6 Å². The summed E-state index contributed by atoms with van der Waals surface area (Å²) in [6.45, 7) is 1.42. The monoisotopic (exact) mass is 368 g/mol. The van der Waals surface area contributed by atoms with E-state index in [0.29, 0.717) is 26.3 Å². The molecule has 3 rings (SSSR count). The van der Waals surface area contributed by atoms with Crippen LogP contribution in [0.2, 0.25) is 0 Å². The summed E-state index contributed by atoms with van der Waals surface area (Å²) in [4.78, 5) is 27.4. The molecule has 1 saturated heterocycles. The Morgan fingerprint density at radius 1 is 0.963 bits per heavy atom. The topological polar surface area (TPSA) is 78.9 Å². The number of carbonyl (C=O) groups is 2. The zero-order chi connectivity index (χ0) is 19.1. The average Bonchev–Trinajstić information content (AvgIpc) is 2.74. The van der Waals surface area contributed by atoms with Crippen LogP contribution in [0.5, 0.6) is 0 Å². The molecule has 1 atom stereocenters. The van der Waals surface area contributed by atoms with E-state index in [2.05, 4.69) is 5.32 Å². The molecule has 0 spiro atoms. The highest BCUT2D eigenvalue weighted by Gasteiger charge is 2.30. The molecule has 0 radical (unpaired) electrons. The number of hydrogen-bond acceptors (Lipinski definition) is 4. The molecule has 2 aromatic rings. The number of nitrogens with one attached hydrogen (secondary N) is 1. The predicted molar refractivity (Wildman–Crippen MR) is 101 cm³/mol. The average molecular weight is 368 g/mol. The fourth-order valence-corrected chi connectivity index (χ4v) is 3.23. The lowest BCUT2D eigenvalue weighted by molar-refractivity contribution is -0.141. The van der Waals surface area contributed by atoms with Gasteiger partial charge in [-0.05, 0) is 11.1 Å². The maximum Gasteiger partial charge on any atom is 0.247 e. The Labute approximate surface area is 158 Å². The number of morpholine rings is 1. The number of ether oxygens (including phenoxy) is 1. The molecule has 1 fully saturated rings. The van der Waals surface area contributed by atoms with Crippen LogP contribution >= 0.6 is 0 Å². The molecule has 2 amide bonds. The van der Waals surface area contributed by atoms with E-state index in [4.69, 9.17) is 4.74 Å². The van der Waals surface area contributed by atoms with Crippen LogP contribution in [0.3, 0.4) is 0 Å². The molecule has 0 aliphatic carbocycles. The molecule has 2 N–H and O–H groups in total. The van der Waals surface area contributed by atoms with Crippen molar-refractivity contribution in [1.82, 2.24) is 10.2 Å². The Bertz CT molecular complexity index is 706. The second-order valence-corrected chi connectivity index (χ2v) is 6.44. The molecule has 0 saturated carbocycles. The van der Waals surface area contributed by atoms with E-state index in [9.17, 15) is 14.7 Å². The van der Waals surface area contributed by atoms with Crippen molar-refractivity contribution < 1.29 is 19.4 Å². The minimum atomic E-state index is -0.967. The summed E-state index contributed by atoms with van der Waals surface area (Å²) in [7, 11) is 0. The van der Waals surface area contributed by atoms with Crippen molar-refractivity contribution in [2.45, 2.75) is 12.0 Å². The number of aliphatic hydroxyl groups is 1. The lowest BCUT2D eigenvalue weighted by Crippen LogP contribution is -2.54. The highest BCUT2D eigenvalue weighted by molar-refractivity contribution is 5.92. The number of amides is 2. The van der Waals surface area contributed by atoms with E-state index in [1.807, 2.05) is 60.7 Å². The Morgan fingerprint density at radius 2 is 1.48 bits per heavy atom. The Hall–Kier alpha value is -2.70. The quantitative estimate of drug-likeness (QED) is 0.802. The zero-order valence-corrected chi connectivity index (χ0v) is 15.1. The first kappa shape index (κ1) is 19.1. The van der Waals surface area contributed by atoms with Crippen molar-refractivity contribution in [3.8, 4) is 0 Å². The van der Waals surface area contributed by atoms with Gasteiger partial charge in [-0.1, -0.05) is 60.7 Å². The van der Waals surface area contributed by atoms with Gasteiger partial charge in [0.15, 0.2) is 0 Å². The summed E-state index contributed by atoms with van der Waals surface area (Å²) in [5.74, 6) is -1.15. The van der Waals surface area contributed by atoms with Crippen LogP contribution in [0.15, 0.2) is 60.7 Å². The van der Waals surface area contributed by atoms with Gasteiger partial charge >= 0.3 is 0 Å². The summed E-state index contributed by atoms with van der Waals surface area (Å²) in [5.41, 5.74) is 1.66. The fraction of sp³-hybridized carbons (Fsp3) is 0.333. The van der Waals surface area contributed by atoms with E-state index in [1.54, 1.807) is 4.90 Å². The van der Waals surface area contributed by atoms with Crippen LogP contribution in [0.1, 0.15) is 17.0 Å². The van der Waals surface area contributed by atoms with E-state index in [-0.39, 0.29) is 11.8 Å². The molecule has 0 aromatic heterocycles. The molecule has 6 nitrogen and oxygen atoms in total. The summed E-state index contributed by atoms with van der Waals surface area (Å²) >= 11 is 0. The molecule has 2 aromatic carbocycles. The molecule has 1 aliphatic rings. The van der Waals surface area contributed by atoms with Gasteiger partial charge in [-0.2, -0.15) is 0 Å². The van der Waals surface area contributed by atoms with E-state index >= 15 is 0 Å². The lowest BCUT2D eigenvalue weighted by atomic mass is 9.90. The second kappa shape index (κ2) is 9.30. The molecule has 142 valence electrons. The number of aliphatic hydroxyl groups excluding tert-OH is 1. The van der Waals surface area contributed by atoms with Crippen LogP contribution in [0, 0.1) is 0 Å². The maximum absolute atomic E-state index is 13.1. The summed E-state index contributed by atoms with van der Waals surface area (Å²) < 4.78 is 5.25. The van der Waals surface area contributed by atoms with Crippen LogP contribution in [0.4, 0.5) is 0 Å². The number of nitrogens with zero attached hydrogens (tertiary/aromatic N) is 1. The van der Waals surface area contributed by atoms with Gasteiger partial charge in [-0.25, -0.2) is 0 Å². The number of carbonyl (C=O) groups excluding carboxylic acids is 2. The third kappa shape index (κ3) is 4.72. The van der Waals surface area contributed by atoms with Gasteiger partial charge in [0.1, 0.15) is 6.04 Å². The third-order valence-electron chi connectivity index (χ3n) is 4.65. The van der Waals surface area contributed by atoms with Crippen molar-refractivity contribution >= 4 is 11.8 Å². The largest absolute Gasteiger partial charge is 0.394 e. The minimum absolute atomic E-state index is 0.283. The van der Waals surface area contributed by atoms with Crippen molar-refractivity contribution in [2.75, 3.05) is 32.9 Å². The van der Waals surface area contributed by atoms with Crippen molar-refractivity contribution in [1.29, 1.82) is 0 Å². The SMILES string of the molecule is O=C(N[C@@H](CO)C(=O)N1CCOCC1)C(c1ccccc1)c1ccccc1. The van der Waals surface area contributed by atoms with Crippen LogP contribution in [-0.2, 0) is 14.3 Å². The van der Waals surface area contributed by atoms with Crippen LogP contribution in [0.25, 0.3) is 0 Å². The van der Waals surface area contributed by atoms with Gasteiger partial charge in [0.05, 0.1) is 25.7 Å². The maximum atomic E-state index is 13.1. The van der Waals surface area contributed by atoms with Gasteiger partial charge < -0.3 is 20.1 Å². The molecular formula is C21H24N2O4. The highest BCUT2D eigenvalue weighted by Crippen LogP contribution is 2.25. The van der Waals surface area contributed by atoms with E-state index in [0.717, 1.165) is 11.1 Å². The minimum Gasteiger partial charge on any atom is -0.394 e. The van der Waals surface area contributed by atoms with Crippen molar-refractivity contribution in [3.63, 3.8) is 0 Å². The molecule has 27 heavy (non-hydrogen) atoms. The Morgan fingerprint density at radius 3 is 1.96 bits per heavy atom. The van der Waals surface area contributed by atoms with Crippen molar-refractivity contribution in [3.05, 3.63) is 71.8 Å². The van der Waals surface area contributed by atoms with Crippen LogP contribution in [-0.4, -0.2) is 60.8 Å². The van der Waals surface area contributed by atoms with Gasteiger partial charge in [0.25, 0.3) is 0 Å². The molecule has 6 heteroatoms. The first-order chi connectivity index (χ1) is 13.2. The molecule has 0 bridgehead atoms. The normalized spacial score (nSPS) is 15.4. The molecule has 1 heterocycles. The number of benzene rings is 2. The van der Waals surface area contributed by atoms with Gasteiger partial charge in [-0.3, -0.25) is 9.59 Å². The Balaban J connectivity index is 1.80. The van der Waals surface area contributed by atoms with E-state index in [1.165, 1.54) is 0 Å². The molecular weight excluding hydrogens is 344 g/mol. The smallest absolute Gasteiger partial charge is 0.247 e. The molecule has 1 aliphatic heterocycles. The van der Waals surface area contributed by atoms with Crippen LogP contribution < -0.4 is 5.32 Å². The fourth-order valence-electron chi connectivity index (χ4n) is 3.23. The highest BCUT2D eigenvalue weighted by atomic mass is 16.5. The summed E-state index contributed by atoms with van der Waals surface area (Å²) in [6, 6.07) is 17.9. The zero-order valence-electron chi connectivity index (χ0n) is 15.1. The lowest BCUT2D eigenvalue weighted by Gasteiger charge is -2.30. The first-order valence-electron chi connectivity index (χ1n) is 9.08. The Kier molecular flexibility index (Phi) is 6.57. The standard InChI is InChI=1S/C21H24N2O4/c24-15-18(21(26)23-11-13-27-14-12-23)22-20(25)19(16-7-3-1-4-8-16)17-9-5-2-6-10-17/h1-10,18-19,24H,11-15H2,(H,22,25)/t18-/m0/s1. The van der Waals surface area contributed by atoms with Gasteiger partial charge in [0, 0.05) is 13.1 Å². The van der Waals surface area contributed by atoms with Gasteiger partial charge in [-0.15, -0.1) is 0 Å². The number of rotatable bonds is 6. The first-order valence-corrected chi connectivity index (χ1v) is 9.08. The molecule has 0 unspecified atom stereocenters. The predicted octanol–water partition coefficient (Wildman–Crippen LogP) is 1.15. The summed E-state index contributed by atoms with van der Waals surface area (Å²) in [5, 5.41) is 12.4. The van der Waals surface area contributed by atoms with Crippen molar-refractivity contribution in [2.24, 2.45) is 0 Å². The third-order valence-corrected chi connectivity index (χ3v) is 4.65. The van der Waals surface area contributed by atoms with Gasteiger partial charge in [0.2, 0.25) is 11.8 Å².